The number of halogens is 3. The van der Waals surface area contributed by atoms with E-state index in [4.69, 9.17) is 9.90 Å². The molecule has 0 aliphatic rings. The highest BCUT2D eigenvalue weighted by Gasteiger charge is 2.38. The molecule has 0 spiro atoms. The van der Waals surface area contributed by atoms with Gasteiger partial charge in [0, 0.05) is 25.5 Å². The first-order valence-corrected chi connectivity index (χ1v) is 7.49. The number of amides is 2. The number of aromatic nitrogens is 5. The van der Waals surface area contributed by atoms with Crippen LogP contribution < -0.4 is 10.6 Å². The Morgan fingerprint density at radius 1 is 1.37 bits per heavy atom. The van der Waals surface area contributed by atoms with Gasteiger partial charge in [-0.25, -0.2) is 14.3 Å². The van der Waals surface area contributed by atoms with E-state index in [2.05, 4.69) is 31.1 Å². The fourth-order valence-electron chi connectivity index (χ4n) is 1.81. The predicted octanol–water partition coefficient (Wildman–Crippen LogP) is 1.11. The van der Waals surface area contributed by atoms with E-state index in [1.54, 1.807) is 13.2 Å². The number of carbonyl (C=O) groups is 2. The third-order valence-corrected chi connectivity index (χ3v) is 3.04. The number of pyridine rings is 1. The van der Waals surface area contributed by atoms with Gasteiger partial charge in [-0.1, -0.05) is 0 Å². The van der Waals surface area contributed by atoms with Crippen molar-refractivity contribution < 1.29 is 27.9 Å². The van der Waals surface area contributed by atoms with Crippen LogP contribution in [0.3, 0.4) is 0 Å². The van der Waals surface area contributed by atoms with Gasteiger partial charge in [-0.15, -0.1) is 5.10 Å². The third-order valence-electron chi connectivity index (χ3n) is 3.04. The van der Waals surface area contributed by atoms with Crippen molar-refractivity contribution in [3.63, 3.8) is 0 Å². The summed E-state index contributed by atoms with van der Waals surface area (Å²) < 4.78 is 33.3. The van der Waals surface area contributed by atoms with Gasteiger partial charge in [-0.05, 0) is 42.0 Å². The van der Waals surface area contributed by atoms with Crippen molar-refractivity contribution in [2.45, 2.75) is 32.6 Å². The lowest BCUT2D eigenvalue weighted by Crippen LogP contribution is -2.37. The van der Waals surface area contributed by atoms with Crippen molar-refractivity contribution in [3.05, 3.63) is 35.4 Å². The number of aliphatic carboxylic acids is 1. The molecule has 0 aliphatic carbocycles. The van der Waals surface area contributed by atoms with E-state index < -0.39 is 12.1 Å². The SMILES string of the molecule is Cc1cc(CNC(=O)NC(C)c2nnnn2C)ccn1.O=C(O)C(F)(F)F. The number of carboxylic acid groups (broad SMARTS) is 1. The molecular weight excluding hydrogens is 371 g/mol. The second-order valence-electron chi connectivity index (χ2n) is 5.32. The molecule has 0 saturated carbocycles. The van der Waals surface area contributed by atoms with E-state index in [1.165, 1.54) is 4.68 Å². The van der Waals surface area contributed by atoms with Gasteiger partial charge in [-0.3, -0.25) is 4.98 Å². The van der Waals surface area contributed by atoms with Gasteiger partial charge in [0.05, 0.1) is 6.04 Å². The molecule has 0 saturated heterocycles. The van der Waals surface area contributed by atoms with Gasteiger partial charge in [0.1, 0.15) is 0 Å². The van der Waals surface area contributed by atoms with Crippen molar-refractivity contribution in [3.8, 4) is 0 Å². The summed E-state index contributed by atoms with van der Waals surface area (Å²) in [6.45, 7) is 4.17. The Bertz CT molecular complexity index is 779. The van der Waals surface area contributed by atoms with Crippen molar-refractivity contribution in [1.29, 1.82) is 0 Å². The Morgan fingerprint density at radius 3 is 2.48 bits per heavy atom. The van der Waals surface area contributed by atoms with Gasteiger partial charge in [-0.2, -0.15) is 13.2 Å². The average molecular weight is 389 g/mol. The van der Waals surface area contributed by atoms with E-state index in [0.29, 0.717) is 12.4 Å². The van der Waals surface area contributed by atoms with Crippen LogP contribution in [0.5, 0.6) is 0 Å². The molecule has 27 heavy (non-hydrogen) atoms. The van der Waals surface area contributed by atoms with Crippen LogP contribution in [-0.4, -0.2) is 48.5 Å². The summed E-state index contributed by atoms with van der Waals surface area (Å²) in [6, 6.07) is 3.25. The molecule has 2 aromatic rings. The first-order chi connectivity index (χ1) is 12.5. The van der Waals surface area contributed by atoms with E-state index in [-0.39, 0.29) is 12.1 Å². The van der Waals surface area contributed by atoms with Gasteiger partial charge in [0.15, 0.2) is 5.82 Å². The molecule has 0 radical (unpaired) electrons. The smallest absolute Gasteiger partial charge is 0.475 e. The fraction of sp³-hybridized carbons (Fsp3) is 0.429. The number of alkyl halides is 3. The molecule has 2 aromatic heterocycles. The van der Waals surface area contributed by atoms with Gasteiger partial charge < -0.3 is 15.7 Å². The van der Waals surface area contributed by atoms with Crippen LogP contribution in [-0.2, 0) is 18.4 Å². The molecule has 0 bridgehead atoms. The Balaban J connectivity index is 0.000000445. The summed E-state index contributed by atoms with van der Waals surface area (Å²) in [7, 11) is 1.73. The van der Waals surface area contributed by atoms with Crippen LogP contribution in [0.4, 0.5) is 18.0 Å². The van der Waals surface area contributed by atoms with Gasteiger partial charge >= 0.3 is 18.2 Å². The fourth-order valence-corrected chi connectivity index (χ4v) is 1.81. The largest absolute Gasteiger partial charge is 0.490 e. The zero-order chi connectivity index (χ0) is 20.6. The highest BCUT2D eigenvalue weighted by molar-refractivity contribution is 5.74. The summed E-state index contributed by atoms with van der Waals surface area (Å²) in [5, 5.41) is 23.8. The summed E-state index contributed by atoms with van der Waals surface area (Å²) in [4.78, 5) is 24.8. The number of carbonyl (C=O) groups excluding carboxylic acids is 1. The number of hydrogen-bond donors (Lipinski definition) is 3. The molecule has 2 heterocycles. The molecule has 2 amide bonds. The molecule has 148 valence electrons. The first kappa shape index (κ1) is 21.8. The highest BCUT2D eigenvalue weighted by atomic mass is 19.4. The molecule has 1 unspecified atom stereocenters. The lowest BCUT2D eigenvalue weighted by atomic mass is 10.2. The standard InChI is InChI=1S/C12H17N7O.C2HF3O2/c1-8-6-10(4-5-13-8)7-14-12(20)15-9(2)11-16-17-18-19(11)3;3-2(4,5)1(6)7/h4-6,9H,7H2,1-3H3,(H2,14,15,20);(H,6,7). The molecule has 3 N–H and O–H groups in total. The summed E-state index contributed by atoms with van der Waals surface area (Å²) in [5.41, 5.74) is 1.92. The Hall–Kier alpha value is -3.25. The maximum atomic E-state index is 11.8. The predicted molar refractivity (Wildman–Crippen MR) is 85.2 cm³/mol. The van der Waals surface area contributed by atoms with Crippen LogP contribution >= 0.6 is 0 Å². The maximum Gasteiger partial charge on any atom is 0.490 e. The summed E-state index contributed by atoms with van der Waals surface area (Å²) >= 11 is 0. The van der Waals surface area contributed by atoms with Gasteiger partial charge in [0.25, 0.3) is 0 Å². The molecule has 0 aliphatic heterocycles. The number of carboxylic acids is 1. The maximum absolute atomic E-state index is 11.8. The molecule has 0 fully saturated rings. The minimum Gasteiger partial charge on any atom is -0.475 e. The molecule has 13 heteroatoms. The zero-order valence-corrected chi connectivity index (χ0v) is 14.7. The second kappa shape index (κ2) is 9.45. The Kier molecular flexibility index (Phi) is 7.63. The minimum atomic E-state index is -5.08. The Morgan fingerprint density at radius 2 is 2.00 bits per heavy atom. The average Bonchev–Trinajstić information content (AvgIpc) is 2.99. The highest BCUT2D eigenvalue weighted by Crippen LogP contribution is 2.13. The zero-order valence-electron chi connectivity index (χ0n) is 14.7. The van der Waals surface area contributed by atoms with Crippen LogP contribution in [0.2, 0.25) is 0 Å². The molecule has 10 nitrogen and oxygen atoms in total. The Labute approximate surface area is 151 Å². The van der Waals surface area contributed by atoms with Crippen molar-refractivity contribution >= 4 is 12.0 Å². The molecular formula is C14H18F3N7O3. The van der Waals surface area contributed by atoms with E-state index in [9.17, 15) is 18.0 Å². The van der Waals surface area contributed by atoms with E-state index in [1.807, 2.05) is 26.0 Å². The minimum absolute atomic E-state index is 0.269. The number of nitrogens with one attached hydrogen (secondary N) is 2. The van der Waals surface area contributed by atoms with Crippen LogP contribution in [0.1, 0.15) is 30.0 Å². The molecule has 1 atom stereocenters. The molecule has 2 rings (SSSR count). The van der Waals surface area contributed by atoms with E-state index >= 15 is 0 Å². The first-order valence-electron chi connectivity index (χ1n) is 7.49. The lowest BCUT2D eigenvalue weighted by molar-refractivity contribution is -0.192. The van der Waals surface area contributed by atoms with Crippen LogP contribution in [0.25, 0.3) is 0 Å². The summed E-state index contributed by atoms with van der Waals surface area (Å²) in [5.74, 6) is -2.16. The normalized spacial score (nSPS) is 11.8. The number of hydrogen-bond acceptors (Lipinski definition) is 6. The summed E-state index contributed by atoms with van der Waals surface area (Å²) in [6.07, 6.45) is -3.36. The number of nitrogens with zero attached hydrogens (tertiary/aromatic N) is 5. The van der Waals surface area contributed by atoms with Crippen molar-refractivity contribution in [2.75, 3.05) is 0 Å². The van der Waals surface area contributed by atoms with Crippen LogP contribution in [0, 0.1) is 6.92 Å². The lowest BCUT2D eigenvalue weighted by Gasteiger charge is -2.13. The number of tetrazole rings is 1. The topological polar surface area (TPSA) is 135 Å². The van der Waals surface area contributed by atoms with Gasteiger partial charge in [0.2, 0.25) is 0 Å². The van der Waals surface area contributed by atoms with Crippen molar-refractivity contribution in [2.24, 2.45) is 7.05 Å². The van der Waals surface area contributed by atoms with Crippen LogP contribution in [0.15, 0.2) is 18.3 Å². The van der Waals surface area contributed by atoms with Crippen molar-refractivity contribution in [1.82, 2.24) is 35.8 Å². The van der Waals surface area contributed by atoms with E-state index in [0.717, 1.165) is 11.3 Å². The monoisotopic (exact) mass is 389 g/mol. The number of urea groups is 1. The number of rotatable bonds is 4. The third kappa shape index (κ3) is 7.66. The molecule has 0 aromatic carbocycles. The number of aryl methyl sites for hydroxylation is 2. The quantitative estimate of drug-likeness (QED) is 0.713. The second-order valence-corrected chi connectivity index (χ2v) is 5.32.